The lowest BCUT2D eigenvalue weighted by molar-refractivity contribution is -0.354. The molecular formula is C26H51N3O16S. The Balaban J connectivity index is 1.87. The van der Waals surface area contributed by atoms with Crippen LogP contribution in [0.2, 0.25) is 0 Å². The maximum absolute atomic E-state index is 12.1. The summed E-state index contributed by atoms with van der Waals surface area (Å²) in [4.78, 5) is -3.16. The first-order chi connectivity index (χ1) is 21.7. The molecule has 19 nitrogen and oxygen atoms in total. The SMILES string of the molecule is CCCCCCCCN[C@H]1[C@H](OC2[C@@H](CO)O[C@@H](O)[C@H](N)[C@H]2O)O[C@H](CO)C(O[C@H]2O[C@](CO)(S(=O)(=O)O)[C@@H](O)[C@H](O)[C@H]2N)[C@@H]1O. The molecule has 15 atom stereocenters. The molecule has 20 heteroatoms. The highest BCUT2D eigenvalue weighted by atomic mass is 32.2. The van der Waals surface area contributed by atoms with Crippen molar-refractivity contribution in [3.05, 3.63) is 0 Å². The molecule has 3 aliphatic rings. The lowest BCUT2D eigenvalue weighted by atomic mass is 9.94. The molecular weight excluding hydrogens is 642 g/mol. The Labute approximate surface area is 267 Å². The zero-order chi connectivity index (χ0) is 34.4. The first kappa shape index (κ1) is 39.7. The number of ether oxygens (including phenoxy) is 5. The van der Waals surface area contributed by atoms with Gasteiger partial charge < -0.3 is 81.3 Å². The van der Waals surface area contributed by atoms with E-state index >= 15 is 0 Å². The second-order valence-corrected chi connectivity index (χ2v) is 13.6. The van der Waals surface area contributed by atoms with Crippen molar-refractivity contribution < 1.29 is 77.5 Å². The molecule has 0 aromatic heterocycles. The van der Waals surface area contributed by atoms with Gasteiger partial charge in [0.05, 0.1) is 37.9 Å². The molecule has 3 aliphatic heterocycles. The van der Waals surface area contributed by atoms with Gasteiger partial charge in [0.2, 0.25) is 4.93 Å². The van der Waals surface area contributed by atoms with Gasteiger partial charge in [-0.05, 0) is 13.0 Å². The summed E-state index contributed by atoms with van der Waals surface area (Å²) in [5.41, 5.74) is 11.8. The zero-order valence-corrected chi connectivity index (χ0v) is 26.4. The number of rotatable bonds is 16. The number of unbranched alkanes of at least 4 members (excludes halogenated alkanes) is 5. The van der Waals surface area contributed by atoms with Gasteiger partial charge in [0.1, 0.15) is 48.8 Å². The second kappa shape index (κ2) is 17.3. The van der Waals surface area contributed by atoms with Gasteiger partial charge in [0.15, 0.2) is 18.9 Å². The summed E-state index contributed by atoms with van der Waals surface area (Å²) in [5.74, 6) is 0. The van der Waals surface area contributed by atoms with E-state index in [-0.39, 0.29) is 0 Å². The minimum Gasteiger partial charge on any atom is -0.394 e. The number of hydrogen-bond acceptors (Lipinski definition) is 18. The third kappa shape index (κ3) is 8.52. The van der Waals surface area contributed by atoms with E-state index in [2.05, 4.69) is 12.2 Å². The van der Waals surface area contributed by atoms with Crippen LogP contribution in [0.15, 0.2) is 0 Å². The van der Waals surface area contributed by atoms with Crippen molar-refractivity contribution in [1.29, 1.82) is 0 Å². The predicted octanol–water partition coefficient (Wildman–Crippen LogP) is -5.47. The van der Waals surface area contributed by atoms with Crippen molar-refractivity contribution >= 4 is 10.1 Å². The fraction of sp³-hybridized carbons (Fsp3) is 1.00. The van der Waals surface area contributed by atoms with Crippen LogP contribution in [0.25, 0.3) is 0 Å². The van der Waals surface area contributed by atoms with E-state index in [0.29, 0.717) is 13.0 Å². The van der Waals surface area contributed by atoms with Crippen LogP contribution in [0.4, 0.5) is 0 Å². The van der Waals surface area contributed by atoms with Crippen LogP contribution in [0.5, 0.6) is 0 Å². The Hall–Kier alpha value is -0.730. The van der Waals surface area contributed by atoms with Crippen LogP contribution >= 0.6 is 0 Å². The van der Waals surface area contributed by atoms with Crippen molar-refractivity contribution in [2.75, 3.05) is 26.4 Å². The molecule has 3 rings (SSSR count). The minimum absolute atomic E-state index is 0.319. The Morgan fingerprint density at radius 1 is 0.783 bits per heavy atom. The quantitative estimate of drug-likeness (QED) is 0.0530. The Kier molecular flexibility index (Phi) is 14.9. The van der Waals surface area contributed by atoms with E-state index in [9.17, 15) is 53.8 Å². The van der Waals surface area contributed by atoms with Crippen molar-refractivity contribution in [2.24, 2.45) is 11.5 Å². The molecule has 0 aromatic carbocycles. The highest BCUT2D eigenvalue weighted by molar-refractivity contribution is 7.87. The third-order valence-corrected chi connectivity index (χ3v) is 10.1. The summed E-state index contributed by atoms with van der Waals surface area (Å²) >= 11 is 0. The number of nitrogens with one attached hydrogen (secondary N) is 1. The van der Waals surface area contributed by atoms with E-state index in [0.717, 1.165) is 32.1 Å². The summed E-state index contributed by atoms with van der Waals surface area (Å²) in [6.07, 6.45) is -12.8. The van der Waals surface area contributed by atoms with E-state index in [1.807, 2.05) is 0 Å². The molecule has 0 aliphatic carbocycles. The molecule has 2 unspecified atom stereocenters. The highest BCUT2D eigenvalue weighted by Gasteiger charge is 2.62. The first-order valence-corrected chi connectivity index (χ1v) is 16.9. The summed E-state index contributed by atoms with van der Waals surface area (Å²) < 4.78 is 62.2. The van der Waals surface area contributed by atoms with Gasteiger partial charge in [0.25, 0.3) is 10.1 Å². The summed E-state index contributed by atoms with van der Waals surface area (Å²) in [6, 6.07) is -4.21. The van der Waals surface area contributed by atoms with Crippen LogP contribution < -0.4 is 16.8 Å². The molecule has 3 heterocycles. The van der Waals surface area contributed by atoms with Gasteiger partial charge in [-0.25, -0.2) is 0 Å². The molecule has 0 bridgehead atoms. The molecule has 14 N–H and O–H groups in total. The van der Waals surface area contributed by atoms with Gasteiger partial charge in [-0.1, -0.05) is 39.0 Å². The Morgan fingerprint density at radius 3 is 1.93 bits per heavy atom. The molecule has 46 heavy (non-hydrogen) atoms. The van der Waals surface area contributed by atoms with Crippen LogP contribution in [0.3, 0.4) is 0 Å². The second-order valence-electron chi connectivity index (χ2n) is 11.9. The summed E-state index contributed by atoms with van der Waals surface area (Å²) in [6.45, 7) is -0.643. The van der Waals surface area contributed by atoms with Gasteiger partial charge >= 0.3 is 0 Å². The van der Waals surface area contributed by atoms with Gasteiger partial charge in [-0.3, -0.25) is 4.55 Å². The Bertz CT molecular complexity index is 1030. The number of hydrogen-bond donors (Lipinski definition) is 12. The van der Waals surface area contributed by atoms with Crippen molar-refractivity contribution in [2.45, 2.75) is 136 Å². The maximum atomic E-state index is 12.1. The summed E-state index contributed by atoms with van der Waals surface area (Å²) in [7, 11) is -5.41. The molecule has 3 fully saturated rings. The van der Waals surface area contributed by atoms with E-state index < -0.39 is 121 Å². The molecule has 0 radical (unpaired) electrons. The molecule has 0 spiro atoms. The zero-order valence-electron chi connectivity index (χ0n) is 25.6. The van der Waals surface area contributed by atoms with Gasteiger partial charge in [-0.15, -0.1) is 0 Å². The molecule has 0 aromatic rings. The van der Waals surface area contributed by atoms with Crippen molar-refractivity contribution in [1.82, 2.24) is 5.32 Å². The normalized spacial score (nSPS) is 43.9. The van der Waals surface area contributed by atoms with Crippen molar-refractivity contribution in [3.8, 4) is 0 Å². The molecule has 3 saturated heterocycles. The standard InChI is InChI=1S/C26H51N3O16S/c1-2-3-4-5-6-7-8-29-16-19(35)21(43-24-15(28)18(34)22(36)26(11-32,45-24)46(38,39)40)13(10-31)42-25(16)44-20-12(9-30)41-23(37)14(27)17(20)33/h12-25,29-37H,2-11,27-28H2,1H3,(H,38,39,40)/t12-,13-,14-,15-,16-,17-,18-,19-,20?,21?,22+,23-,24+,25+,26-/m1/s1. The largest absolute Gasteiger partial charge is 0.394 e. The van der Waals surface area contributed by atoms with E-state index in [1.165, 1.54) is 0 Å². The van der Waals surface area contributed by atoms with Crippen LogP contribution in [-0.4, -0.2) is 171 Å². The van der Waals surface area contributed by atoms with Crippen molar-refractivity contribution in [3.63, 3.8) is 0 Å². The number of nitrogens with two attached hydrogens (primary N) is 2. The van der Waals surface area contributed by atoms with Gasteiger partial charge in [0, 0.05) is 0 Å². The lowest BCUT2D eigenvalue weighted by Crippen LogP contribution is -2.73. The number of aliphatic hydroxyl groups excluding tert-OH is 8. The average Bonchev–Trinajstić information content (AvgIpc) is 3.02. The van der Waals surface area contributed by atoms with Crippen LogP contribution in [0, 0.1) is 0 Å². The minimum atomic E-state index is -5.41. The van der Waals surface area contributed by atoms with E-state index in [4.69, 9.17) is 35.2 Å². The first-order valence-electron chi connectivity index (χ1n) is 15.4. The van der Waals surface area contributed by atoms with Crippen LogP contribution in [0.1, 0.15) is 45.4 Å². The predicted molar refractivity (Wildman–Crippen MR) is 155 cm³/mol. The number of aliphatic hydroxyl groups is 8. The smallest absolute Gasteiger partial charge is 0.300 e. The molecule has 0 saturated carbocycles. The molecule has 272 valence electrons. The average molecular weight is 694 g/mol. The monoisotopic (exact) mass is 693 g/mol. The lowest BCUT2D eigenvalue weighted by Gasteiger charge is -2.50. The summed E-state index contributed by atoms with van der Waals surface area (Å²) in [5, 5.41) is 86.1. The maximum Gasteiger partial charge on any atom is 0.300 e. The third-order valence-electron chi connectivity index (χ3n) is 8.72. The fourth-order valence-corrected chi connectivity index (χ4v) is 6.67. The Morgan fingerprint density at radius 2 is 1.35 bits per heavy atom. The van der Waals surface area contributed by atoms with E-state index in [1.54, 1.807) is 0 Å². The topological polar surface area (TPSA) is 326 Å². The highest BCUT2D eigenvalue weighted by Crippen LogP contribution is 2.36. The fourth-order valence-electron chi connectivity index (χ4n) is 5.84. The van der Waals surface area contributed by atoms with Gasteiger partial charge in [-0.2, -0.15) is 8.42 Å². The van der Waals surface area contributed by atoms with Crippen LogP contribution in [-0.2, 0) is 33.8 Å². The molecule has 0 amide bonds.